The minimum absolute atomic E-state index is 0.211. The van der Waals surface area contributed by atoms with Gasteiger partial charge in [0.25, 0.3) is 0 Å². The number of hydrogen-bond donors (Lipinski definition) is 1. The standard InChI is InChI=1S/C9H14O2/c1-6(8(10)11)7(2)9(3)4-5-9/h4-5H2,1-3H3,(H,10,11). The van der Waals surface area contributed by atoms with Crippen molar-refractivity contribution in [2.24, 2.45) is 5.41 Å². The molecule has 0 spiro atoms. The van der Waals surface area contributed by atoms with E-state index in [0.717, 1.165) is 18.4 Å². The van der Waals surface area contributed by atoms with Crippen LogP contribution in [0.15, 0.2) is 11.1 Å². The second-order valence-electron chi connectivity index (χ2n) is 3.62. The van der Waals surface area contributed by atoms with Gasteiger partial charge < -0.3 is 5.11 Å². The van der Waals surface area contributed by atoms with Crippen LogP contribution in [0.2, 0.25) is 0 Å². The molecular weight excluding hydrogens is 140 g/mol. The van der Waals surface area contributed by atoms with Gasteiger partial charge in [0.1, 0.15) is 0 Å². The Labute approximate surface area is 66.9 Å². The molecule has 1 N–H and O–H groups in total. The molecule has 0 bridgehead atoms. The molecule has 0 radical (unpaired) electrons. The highest BCUT2D eigenvalue weighted by atomic mass is 16.4. The normalized spacial score (nSPS) is 22.5. The van der Waals surface area contributed by atoms with Crippen molar-refractivity contribution in [1.82, 2.24) is 0 Å². The van der Waals surface area contributed by atoms with Crippen LogP contribution >= 0.6 is 0 Å². The van der Waals surface area contributed by atoms with Crippen molar-refractivity contribution in [2.75, 3.05) is 0 Å². The SMILES string of the molecule is CC(C(=O)O)=C(C)C1(C)CC1. The first kappa shape index (κ1) is 8.31. The zero-order valence-electron chi connectivity index (χ0n) is 7.27. The Bertz CT molecular complexity index is 222. The maximum atomic E-state index is 10.6. The topological polar surface area (TPSA) is 37.3 Å². The lowest BCUT2D eigenvalue weighted by Gasteiger charge is -2.10. The molecule has 0 aliphatic heterocycles. The Kier molecular flexibility index (Phi) is 1.78. The van der Waals surface area contributed by atoms with Gasteiger partial charge >= 0.3 is 5.97 Å². The molecule has 0 atom stereocenters. The summed E-state index contributed by atoms with van der Waals surface area (Å²) in [5, 5.41) is 8.69. The van der Waals surface area contributed by atoms with Gasteiger partial charge in [0.2, 0.25) is 0 Å². The Morgan fingerprint density at radius 2 is 1.82 bits per heavy atom. The van der Waals surface area contributed by atoms with Crippen LogP contribution in [0.1, 0.15) is 33.6 Å². The first-order chi connectivity index (χ1) is 4.97. The molecule has 0 amide bonds. The van der Waals surface area contributed by atoms with Crippen molar-refractivity contribution in [3.63, 3.8) is 0 Å². The molecule has 11 heavy (non-hydrogen) atoms. The smallest absolute Gasteiger partial charge is 0.331 e. The van der Waals surface area contributed by atoms with Crippen molar-refractivity contribution >= 4 is 5.97 Å². The van der Waals surface area contributed by atoms with Gasteiger partial charge in [-0.25, -0.2) is 4.79 Å². The highest BCUT2D eigenvalue weighted by Gasteiger charge is 2.40. The van der Waals surface area contributed by atoms with Crippen LogP contribution in [0.4, 0.5) is 0 Å². The highest BCUT2D eigenvalue weighted by Crippen LogP contribution is 2.51. The number of hydrogen-bond acceptors (Lipinski definition) is 1. The van der Waals surface area contributed by atoms with Gasteiger partial charge in [0.15, 0.2) is 0 Å². The molecule has 2 heteroatoms. The number of carboxylic acid groups (broad SMARTS) is 1. The van der Waals surface area contributed by atoms with Gasteiger partial charge in [-0.3, -0.25) is 0 Å². The Morgan fingerprint density at radius 3 is 2.09 bits per heavy atom. The second kappa shape index (κ2) is 2.36. The van der Waals surface area contributed by atoms with Gasteiger partial charge in [-0.1, -0.05) is 12.5 Å². The molecule has 1 saturated carbocycles. The van der Waals surface area contributed by atoms with E-state index < -0.39 is 5.97 Å². The van der Waals surface area contributed by atoms with Gasteiger partial charge in [-0.15, -0.1) is 0 Å². The predicted molar refractivity (Wildman–Crippen MR) is 43.4 cm³/mol. The molecule has 0 aromatic heterocycles. The number of carbonyl (C=O) groups is 1. The fraction of sp³-hybridized carbons (Fsp3) is 0.667. The van der Waals surface area contributed by atoms with Crippen LogP contribution < -0.4 is 0 Å². The summed E-state index contributed by atoms with van der Waals surface area (Å²) in [5.74, 6) is -0.782. The molecule has 0 aromatic carbocycles. The summed E-state index contributed by atoms with van der Waals surface area (Å²) in [5.41, 5.74) is 1.78. The molecule has 0 aromatic rings. The van der Waals surface area contributed by atoms with E-state index in [0.29, 0.717) is 5.57 Å². The lowest BCUT2D eigenvalue weighted by Crippen LogP contribution is -2.05. The molecule has 62 valence electrons. The molecule has 1 rings (SSSR count). The average Bonchev–Trinajstić information content (AvgIpc) is 2.66. The second-order valence-corrected chi connectivity index (χ2v) is 3.62. The van der Waals surface area contributed by atoms with E-state index in [1.54, 1.807) is 6.92 Å². The van der Waals surface area contributed by atoms with E-state index in [1.807, 2.05) is 6.92 Å². The molecule has 1 aliphatic rings. The van der Waals surface area contributed by atoms with E-state index in [2.05, 4.69) is 6.92 Å². The van der Waals surface area contributed by atoms with Gasteiger partial charge in [-0.2, -0.15) is 0 Å². The number of allylic oxidation sites excluding steroid dienone is 1. The first-order valence-corrected chi connectivity index (χ1v) is 3.88. The summed E-state index contributed by atoms with van der Waals surface area (Å²) < 4.78 is 0. The van der Waals surface area contributed by atoms with E-state index in [9.17, 15) is 4.79 Å². The third-order valence-corrected chi connectivity index (χ3v) is 2.79. The van der Waals surface area contributed by atoms with Gasteiger partial charge in [-0.05, 0) is 32.1 Å². The lowest BCUT2D eigenvalue weighted by molar-refractivity contribution is -0.132. The summed E-state index contributed by atoms with van der Waals surface area (Å²) in [6, 6.07) is 0. The van der Waals surface area contributed by atoms with Crippen LogP contribution in [0.5, 0.6) is 0 Å². The molecule has 1 aliphatic carbocycles. The fourth-order valence-corrected chi connectivity index (χ4v) is 1.18. The van der Waals surface area contributed by atoms with E-state index in [4.69, 9.17) is 5.11 Å². The van der Waals surface area contributed by atoms with Crippen LogP contribution in [0.25, 0.3) is 0 Å². The van der Waals surface area contributed by atoms with Crippen LogP contribution in [-0.4, -0.2) is 11.1 Å². The van der Waals surface area contributed by atoms with Crippen molar-refractivity contribution in [3.8, 4) is 0 Å². The Morgan fingerprint density at radius 1 is 1.36 bits per heavy atom. The molecular formula is C9H14O2. The maximum absolute atomic E-state index is 10.6. The third-order valence-electron chi connectivity index (χ3n) is 2.79. The third kappa shape index (κ3) is 1.44. The van der Waals surface area contributed by atoms with E-state index in [1.165, 1.54) is 0 Å². The molecule has 0 heterocycles. The number of rotatable bonds is 2. The first-order valence-electron chi connectivity index (χ1n) is 3.88. The van der Waals surface area contributed by atoms with Crippen LogP contribution in [-0.2, 0) is 4.79 Å². The molecule has 2 nitrogen and oxygen atoms in total. The largest absolute Gasteiger partial charge is 0.478 e. The van der Waals surface area contributed by atoms with Crippen molar-refractivity contribution < 1.29 is 9.90 Å². The summed E-state index contributed by atoms with van der Waals surface area (Å²) in [4.78, 5) is 10.6. The molecule has 0 unspecified atom stereocenters. The summed E-state index contributed by atoms with van der Waals surface area (Å²) in [6.45, 7) is 5.73. The lowest BCUT2D eigenvalue weighted by atomic mass is 9.95. The Balaban J connectivity index is 2.86. The predicted octanol–water partition coefficient (Wildman–Crippen LogP) is 2.21. The Hall–Kier alpha value is -0.790. The van der Waals surface area contributed by atoms with Gasteiger partial charge in [0, 0.05) is 5.57 Å². The van der Waals surface area contributed by atoms with Crippen LogP contribution in [0, 0.1) is 5.41 Å². The minimum atomic E-state index is -0.782. The highest BCUT2D eigenvalue weighted by molar-refractivity contribution is 5.87. The monoisotopic (exact) mass is 154 g/mol. The zero-order valence-corrected chi connectivity index (χ0v) is 7.27. The summed E-state index contributed by atoms with van der Waals surface area (Å²) >= 11 is 0. The van der Waals surface area contributed by atoms with Crippen molar-refractivity contribution in [3.05, 3.63) is 11.1 Å². The summed E-state index contributed by atoms with van der Waals surface area (Å²) in [6.07, 6.45) is 2.28. The van der Waals surface area contributed by atoms with E-state index >= 15 is 0 Å². The maximum Gasteiger partial charge on any atom is 0.331 e. The fourth-order valence-electron chi connectivity index (χ4n) is 1.18. The average molecular weight is 154 g/mol. The van der Waals surface area contributed by atoms with Gasteiger partial charge in [0.05, 0.1) is 0 Å². The van der Waals surface area contributed by atoms with Crippen LogP contribution in [0.3, 0.4) is 0 Å². The van der Waals surface area contributed by atoms with Crippen molar-refractivity contribution in [1.29, 1.82) is 0 Å². The number of carboxylic acids is 1. The molecule has 0 saturated heterocycles. The summed E-state index contributed by atoms with van der Waals surface area (Å²) in [7, 11) is 0. The zero-order chi connectivity index (χ0) is 8.65. The molecule has 1 fully saturated rings. The minimum Gasteiger partial charge on any atom is -0.478 e. The number of aliphatic carboxylic acids is 1. The van der Waals surface area contributed by atoms with E-state index in [-0.39, 0.29) is 5.41 Å². The van der Waals surface area contributed by atoms with Crippen molar-refractivity contribution in [2.45, 2.75) is 33.6 Å². The quantitative estimate of drug-likeness (QED) is 0.619.